The summed E-state index contributed by atoms with van der Waals surface area (Å²) in [5.41, 5.74) is 2.44. The SMILES string of the molecule is CC(C)(C)OC(=O)N(Cc1cnc(CO)c(OCc2cccc(C#N)c2)c1CO)c1ccc(C#N)cc1. The molecule has 190 valence electrons. The van der Waals surface area contributed by atoms with Crippen molar-refractivity contribution in [1.29, 1.82) is 10.5 Å². The van der Waals surface area contributed by atoms with Crippen molar-refractivity contribution in [3.63, 3.8) is 0 Å². The van der Waals surface area contributed by atoms with E-state index in [9.17, 15) is 15.0 Å². The molecule has 0 saturated heterocycles. The molecule has 0 bridgehead atoms. The average molecular weight is 501 g/mol. The number of carbonyl (C=O) groups is 1. The maximum absolute atomic E-state index is 13.2. The van der Waals surface area contributed by atoms with E-state index in [1.54, 1.807) is 69.3 Å². The minimum atomic E-state index is -0.757. The molecule has 0 saturated carbocycles. The molecule has 1 amide bonds. The highest BCUT2D eigenvalue weighted by molar-refractivity contribution is 5.88. The van der Waals surface area contributed by atoms with Crippen LogP contribution in [0.1, 0.15) is 54.3 Å². The van der Waals surface area contributed by atoms with Crippen LogP contribution in [0.5, 0.6) is 5.75 Å². The van der Waals surface area contributed by atoms with Gasteiger partial charge in [-0.05, 0) is 68.3 Å². The van der Waals surface area contributed by atoms with E-state index in [4.69, 9.17) is 20.0 Å². The highest BCUT2D eigenvalue weighted by Crippen LogP contribution is 2.30. The number of rotatable bonds is 8. The predicted octanol–water partition coefficient (Wildman–Crippen LogP) is 4.33. The van der Waals surface area contributed by atoms with Crippen LogP contribution in [-0.4, -0.2) is 26.9 Å². The minimum absolute atomic E-state index is 0.0182. The summed E-state index contributed by atoms with van der Waals surface area (Å²) >= 11 is 0. The second-order valence-corrected chi connectivity index (χ2v) is 9.18. The number of aliphatic hydroxyl groups is 2. The monoisotopic (exact) mass is 500 g/mol. The van der Waals surface area contributed by atoms with Crippen LogP contribution in [0.25, 0.3) is 0 Å². The van der Waals surface area contributed by atoms with Gasteiger partial charge in [-0.2, -0.15) is 10.5 Å². The van der Waals surface area contributed by atoms with Gasteiger partial charge in [0.05, 0.1) is 43.0 Å². The van der Waals surface area contributed by atoms with Crippen molar-refractivity contribution in [3.05, 3.63) is 88.2 Å². The van der Waals surface area contributed by atoms with Crippen LogP contribution in [0, 0.1) is 22.7 Å². The molecule has 3 aromatic rings. The van der Waals surface area contributed by atoms with Crippen molar-refractivity contribution in [2.45, 2.75) is 52.7 Å². The molecule has 0 aliphatic rings. The van der Waals surface area contributed by atoms with Crippen molar-refractivity contribution >= 4 is 11.8 Å². The molecule has 0 spiro atoms. The van der Waals surface area contributed by atoms with Gasteiger partial charge in [-0.25, -0.2) is 4.79 Å². The molecule has 2 N–H and O–H groups in total. The van der Waals surface area contributed by atoms with Gasteiger partial charge in [0.1, 0.15) is 23.7 Å². The maximum atomic E-state index is 13.2. The Labute approximate surface area is 215 Å². The van der Waals surface area contributed by atoms with Crippen molar-refractivity contribution in [3.8, 4) is 17.9 Å². The fourth-order valence-electron chi connectivity index (χ4n) is 3.56. The Morgan fingerprint density at radius 3 is 2.32 bits per heavy atom. The van der Waals surface area contributed by atoms with E-state index in [0.29, 0.717) is 27.9 Å². The first-order valence-corrected chi connectivity index (χ1v) is 11.5. The summed E-state index contributed by atoms with van der Waals surface area (Å²) in [7, 11) is 0. The number of carbonyl (C=O) groups excluding carboxylic acids is 1. The van der Waals surface area contributed by atoms with Gasteiger partial charge in [-0.3, -0.25) is 9.88 Å². The number of nitrogens with zero attached hydrogens (tertiary/aromatic N) is 4. The normalized spacial score (nSPS) is 10.8. The van der Waals surface area contributed by atoms with Crippen LogP contribution < -0.4 is 9.64 Å². The summed E-state index contributed by atoms with van der Waals surface area (Å²) < 4.78 is 11.6. The van der Waals surface area contributed by atoms with Gasteiger partial charge in [-0.1, -0.05) is 12.1 Å². The first-order chi connectivity index (χ1) is 17.7. The number of aliphatic hydroxyl groups excluding tert-OH is 2. The van der Waals surface area contributed by atoms with E-state index in [2.05, 4.69) is 11.1 Å². The summed E-state index contributed by atoms with van der Waals surface area (Å²) in [5, 5.41) is 38.4. The number of anilines is 1. The van der Waals surface area contributed by atoms with Crippen LogP contribution >= 0.6 is 0 Å². The van der Waals surface area contributed by atoms with Crippen LogP contribution in [-0.2, 0) is 31.1 Å². The third-order valence-electron chi connectivity index (χ3n) is 5.30. The van der Waals surface area contributed by atoms with Crippen molar-refractivity contribution < 1.29 is 24.5 Å². The number of amides is 1. The Kier molecular flexibility index (Phi) is 8.81. The molecule has 1 aromatic heterocycles. The second-order valence-electron chi connectivity index (χ2n) is 9.18. The molecular formula is C28H28N4O5. The predicted molar refractivity (Wildman–Crippen MR) is 135 cm³/mol. The quantitative estimate of drug-likeness (QED) is 0.466. The number of hydrogen-bond donors (Lipinski definition) is 2. The highest BCUT2D eigenvalue weighted by Gasteiger charge is 2.26. The number of benzene rings is 2. The van der Waals surface area contributed by atoms with Gasteiger partial charge in [0, 0.05) is 17.4 Å². The van der Waals surface area contributed by atoms with Crippen LogP contribution in [0.15, 0.2) is 54.7 Å². The third kappa shape index (κ3) is 7.05. The van der Waals surface area contributed by atoms with E-state index in [1.165, 1.54) is 11.1 Å². The van der Waals surface area contributed by atoms with Crippen molar-refractivity contribution in [1.82, 2.24) is 4.98 Å². The van der Waals surface area contributed by atoms with E-state index in [0.717, 1.165) is 5.56 Å². The lowest BCUT2D eigenvalue weighted by Crippen LogP contribution is -2.36. The molecule has 9 nitrogen and oxygen atoms in total. The van der Waals surface area contributed by atoms with Crippen LogP contribution in [0.2, 0.25) is 0 Å². The minimum Gasteiger partial charge on any atom is -0.487 e. The van der Waals surface area contributed by atoms with Crippen molar-refractivity contribution in [2.24, 2.45) is 0 Å². The van der Waals surface area contributed by atoms with Gasteiger partial charge in [0.2, 0.25) is 0 Å². The molecular weight excluding hydrogens is 472 g/mol. The Hall–Kier alpha value is -4.44. The lowest BCUT2D eigenvalue weighted by Gasteiger charge is -2.28. The molecule has 0 radical (unpaired) electrons. The first kappa shape index (κ1) is 27.2. The number of nitriles is 2. The molecule has 0 aliphatic carbocycles. The van der Waals surface area contributed by atoms with Gasteiger partial charge < -0.3 is 19.7 Å². The summed E-state index contributed by atoms with van der Waals surface area (Å²) in [6, 6.07) is 17.5. The summed E-state index contributed by atoms with van der Waals surface area (Å²) in [6.07, 6.45) is 0.851. The lowest BCUT2D eigenvalue weighted by molar-refractivity contribution is 0.0577. The molecule has 9 heteroatoms. The third-order valence-corrected chi connectivity index (χ3v) is 5.30. The number of ether oxygens (including phenoxy) is 2. The van der Waals surface area contributed by atoms with Gasteiger partial charge in [-0.15, -0.1) is 0 Å². The maximum Gasteiger partial charge on any atom is 0.415 e. The van der Waals surface area contributed by atoms with E-state index >= 15 is 0 Å². The topological polar surface area (TPSA) is 140 Å². The summed E-state index contributed by atoms with van der Waals surface area (Å²) in [5.74, 6) is 0.203. The molecule has 3 rings (SSSR count). The Morgan fingerprint density at radius 2 is 1.73 bits per heavy atom. The van der Waals surface area contributed by atoms with E-state index in [-0.39, 0.29) is 24.6 Å². The van der Waals surface area contributed by atoms with Crippen LogP contribution in [0.4, 0.5) is 10.5 Å². The van der Waals surface area contributed by atoms with E-state index < -0.39 is 24.9 Å². The smallest absolute Gasteiger partial charge is 0.415 e. The molecule has 0 unspecified atom stereocenters. The fraction of sp³-hybridized carbons (Fsp3) is 0.286. The lowest BCUT2D eigenvalue weighted by atomic mass is 10.1. The Bertz CT molecular complexity index is 1330. The standard InChI is InChI=1S/C28H28N4O5/c1-28(2,3)37-27(35)32(23-9-7-19(12-29)8-10-23)15-22-14-31-25(17-34)26(24(22)16-33)36-18-21-6-4-5-20(11-21)13-30/h4-11,14,33-34H,15-18H2,1-3H3. The number of aromatic nitrogens is 1. The molecule has 0 fully saturated rings. The zero-order valence-electron chi connectivity index (χ0n) is 20.9. The highest BCUT2D eigenvalue weighted by atomic mass is 16.6. The zero-order chi connectivity index (χ0) is 27.0. The number of pyridine rings is 1. The molecule has 0 atom stereocenters. The first-order valence-electron chi connectivity index (χ1n) is 11.5. The number of hydrogen-bond acceptors (Lipinski definition) is 8. The molecule has 2 aromatic carbocycles. The molecule has 0 aliphatic heterocycles. The molecule has 1 heterocycles. The average Bonchev–Trinajstić information content (AvgIpc) is 2.89. The van der Waals surface area contributed by atoms with Gasteiger partial charge >= 0.3 is 6.09 Å². The second kappa shape index (κ2) is 12.0. The van der Waals surface area contributed by atoms with Gasteiger partial charge in [0.15, 0.2) is 0 Å². The zero-order valence-corrected chi connectivity index (χ0v) is 20.9. The van der Waals surface area contributed by atoms with Crippen LogP contribution in [0.3, 0.4) is 0 Å². The fourth-order valence-corrected chi connectivity index (χ4v) is 3.56. The Balaban J connectivity index is 1.99. The molecule has 37 heavy (non-hydrogen) atoms. The largest absolute Gasteiger partial charge is 0.487 e. The Morgan fingerprint density at radius 1 is 1.03 bits per heavy atom. The van der Waals surface area contributed by atoms with E-state index in [1.807, 2.05) is 6.07 Å². The van der Waals surface area contributed by atoms with Gasteiger partial charge in [0.25, 0.3) is 0 Å². The summed E-state index contributed by atoms with van der Waals surface area (Å²) in [4.78, 5) is 18.8. The van der Waals surface area contributed by atoms with Crippen molar-refractivity contribution in [2.75, 3.05) is 4.90 Å². The summed E-state index contributed by atoms with van der Waals surface area (Å²) in [6.45, 7) is 4.46.